The van der Waals surface area contributed by atoms with Crippen molar-refractivity contribution in [1.82, 2.24) is 0 Å². The van der Waals surface area contributed by atoms with Crippen molar-refractivity contribution in [2.75, 3.05) is 0 Å². The van der Waals surface area contributed by atoms with Crippen LogP contribution >= 0.6 is 0 Å². The number of rotatable bonds is 4. The predicted molar refractivity (Wildman–Crippen MR) is 135 cm³/mol. The molecule has 186 valence electrons. The molecule has 0 saturated heterocycles. The maximum Gasteiger partial charge on any atom is 0.331 e. The van der Waals surface area contributed by atoms with E-state index >= 15 is 0 Å². The molecule has 35 heavy (non-hydrogen) atoms. The molecule has 0 spiro atoms. The highest BCUT2D eigenvalue weighted by molar-refractivity contribution is 5.90. The largest absolute Gasteiger partial charge is 0.508 e. The number of aliphatic carboxylic acids is 2. The molecule has 2 aliphatic carbocycles. The van der Waals surface area contributed by atoms with Gasteiger partial charge in [-0.25, -0.2) is 4.79 Å². The molecule has 6 heteroatoms. The molecule has 1 unspecified atom stereocenters. The second-order valence-corrected chi connectivity index (χ2v) is 9.82. The Balaban J connectivity index is 0.000000225. The lowest BCUT2D eigenvalue weighted by Gasteiger charge is -2.30. The van der Waals surface area contributed by atoms with Gasteiger partial charge in [0, 0.05) is 5.57 Å². The normalized spacial score (nSPS) is 23.6. The molecule has 0 amide bonds. The fourth-order valence-corrected chi connectivity index (χ4v) is 4.94. The quantitative estimate of drug-likeness (QED) is 0.416. The summed E-state index contributed by atoms with van der Waals surface area (Å²) in [5, 5.41) is 36.7. The van der Waals surface area contributed by atoms with Crippen LogP contribution in [0.25, 0.3) is 0 Å². The number of phenolic OH excluding ortho intramolecular Hbond substituents is 2. The third-order valence-electron chi connectivity index (χ3n) is 7.41. The van der Waals surface area contributed by atoms with E-state index in [4.69, 9.17) is 10.2 Å². The average molecular weight is 479 g/mol. The van der Waals surface area contributed by atoms with E-state index < -0.39 is 17.4 Å². The standard InChI is InChI=1S/C20H24O2.C9H10O4/c1-13-14(2)20(22)12-11-19(13)17-5-3-15(4-6-17)16-7-9-18(21)10-8-16;1-9(8(12)13)4-2-3-6(5-9)7(10)11/h7-12,15,17,21-22H,3-6H2,1-2H3;2-4H,5H2,1H3,(H,10,11)(H,12,13). The van der Waals surface area contributed by atoms with Gasteiger partial charge in [0.25, 0.3) is 0 Å². The predicted octanol–water partition coefficient (Wildman–Crippen LogP) is 6.20. The number of phenols is 2. The zero-order valence-corrected chi connectivity index (χ0v) is 20.5. The van der Waals surface area contributed by atoms with Crippen LogP contribution in [0.1, 0.15) is 73.1 Å². The minimum Gasteiger partial charge on any atom is -0.508 e. The highest BCUT2D eigenvalue weighted by atomic mass is 16.4. The van der Waals surface area contributed by atoms with Gasteiger partial charge in [0.15, 0.2) is 0 Å². The molecule has 0 radical (unpaired) electrons. The van der Waals surface area contributed by atoms with Gasteiger partial charge in [0.1, 0.15) is 11.5 Å². The summed E-state index contributed by atoms with van der Waals surface area (Å²) in [7, 11) is 0. The highest BCUT2D eigenvalue weighted by Crippen LogP contribution is 2.42. The summed E-state index contributed by atoms with van der Waals surface area (Å²) in [6.45, 7) is 5.62. The molecule has 1 atom stereocenters. The summed E-state index contributed by atoms with van der Waals surface area (Å²) in [4.78, 5) is 21.3. The van der Waals surface area contributed by atoms with E-state index in [0.717, 1.165) is 5.56 Å². The minimum absolute atomic E-state index is 0.0359. The molecule has 4 N–H and O–H groups in total. The second-order valence-electron chi connectivity index (χ2n) is 9.82. The van der Waals surface area contributed by atoms with E-state index in [2.05, 4.69) is 25.1 Å². The van der Waals surface area contributed by atoms with Gasteiger partial charge in [-0.3, -0.25) is 4.79 Å². The number of hydrogen-bond donors (Lipinski definition) is 4. The zero-order chi connectivity index (χ0) is 25.8. The summed E-state index contributed by atoms with van der Waals surface area (Å²) in [5.74, 6) is -0.109. The van der Waals surface area contributed by atoms with Gasteiger partial charge < -0.3 is 20.4 Å². The molecule has 0 heterocycles. The fourth-order valence-electron chi connectivity index (χ4n) is 4.94. The van der Waals surface area contributed by atoms with E-state index in [1.54, 1.807) is 12.1 Å². The van der Waals surface area contributed by atoms with E-state index in [9.17, 15) is 19.8 Å². The first-order valence-corrected chi connectivity index (χ1v) is 11.9. The van der Waals surface area contributed by atoms with Crippen molar-refractivity contribution in [1.29, 1.82) is 0 Å². The van der Waals surface area contributed by atoms with Crippen LogP contribution in [0.3, 0.4) is 0 Å². The molecule has 2 aliphatic rings. The number of carboxylic acids is 2. The first kappa shape index (κ1) is 26.1. The molecular weight excluding hydrogens is 444 g/mol. The maximum atomic E-state index is 10.8. The Labute approximate surface area is 206 Å². The third-order valence-corrected chi connectivity index (χ3v) is 7.41. The van der Waals surface area contributed by atoms with Gasteiger partial charge in [0.2, 0.25) is 0 Å². The number of hydrogen-bond acceptors (Lipinski definition) is 4. The van der Waals surface area contributed by atoms with Crippen molar-refractivity contribution < 1.29 is 30.0 Å². The number of benzene rings is 2. The van der Waals surface area contributed by atoms with Gasteiger partial charge in [0.05, 0.1) is 5.41 Å². The Morgan fingerprint density at radius 2 is 1.46 bits per heavy atom. The molecule has 2 aromatic carbocycles. The van der Waals surface area contributed by atoms with Gasteiger partial charge in [-0.1, -0.05) is 36.4 Å². The zero-order valence-electron chi connectivity index (χ0n) is 20.5. The van der Waals surface area contributed by atoms with Crippen molar-refractivity contribution in [3.8, 4) is 11.5 Å². The Bertz CT molecular complexity index is 1140. The average Bonchev–Trinajstić information content (AvgIpc) is 2.84. The van der Waals surface area contributed by atoms with Crippen LogP contribution in [0.5, 0.6) is 11.5 Å². The Kier molecular flexibility index (Phi) is 8.05. The fraction of sp³-hybridized carbons (Fsp3) is 0.379. The molecule has 2 aromatic rings. The van der Waals surface area contributed by atoms with Crippen molar-refractivity contribution in [3.05, 3.63) is 82.5 Å². The van der Waals surface area contributed by atoms with Crippen molar-refractivity contribution in [3.63, 3.8) is 0 Å². The van der Waals surface area contributed by atoms with Gasteiger partial charge >= 0.3 is 11.9 Å². The van der Waals surface area contributed by atoms with E-state index in [1.807, 2.05) is 13.0 Å². The van der Waals surface area contributed by atoms with Crippen LogP contribution in [0.15, 0.2) is 60.2 Å². The van der Waals surface area contributed by atoms with Gasteiger partial charge in [-0.15, -0.1) is 0 Å². The molecule has 6 nitrogen and oxygen atoms in total. The molecule has 1 fully saturated rings. The number of carboxylic acid groups (broad SMARTS) is 2. The van der Waals surface area contributed by atoms with Crippen LogP contribution in [-0.2, 0) is 9.59 Å². The Morgan fingerprint density at radius 3 is 2.03 bits per heavy atom. The lowest BCUT2D eigenvalue weighted by Crippen LogP contribution is -2.28. The topological polar surface area (TPSA) is 115 Å². The van der Waals surface area contributed by atoms with E-state index in [0.29, 0.717) is 23.3 Å². The molecule has 0 aromatic heterocycles. The Morgan fingerprint density at radius 1 is 0.857 bits per heavy atom. The van der Waals surface area contributed by atoms with Crippen molar-refractivity contribution in [2.24, 2.45) is 5.41 Å². The summed E-state index contributed by atoms with van der Waals surface area (Å²) in [5.41, 5.74) is 4.05. The Hall–Kier alpha value is -3.54. The van der Waals surface area contributed by atoms with Crippen molar-refractivity contribution in [2.45, 2.75) is 64.7 Å². The lowest BCUT2D eigenvalue weighted by molar-refractivity contribution is -0.145. The van der Waals surface area contributed by atoms with Crippen LogP contribution in [0, 0.1) is 19.3 Å². The summed E-state index contributed by atoms with van der Waals surface area (Å²) < 4.78 is 0. The summed E-state index contributed by atoms with van der Waals surface area (Å²) in [6.07, 6.45) is 9.20. The van der Waals surface area contributed by atoms with E-state index in [-0.39, 0.29) is 12.0 Å². The SMILES string of the molecule is CC1(C(=O)O)C=CC=C(C(=O)O)C1.Cc1c(O)ccc(C2CCC(c3ccc(O)cc3)CC2)c1C. The molecule has 4 rings (SSSR count). The lowest BCUT2D eigenvalue weighted by atomic mass is 9.75. The van der Waals surface area contributed by atoms with Crippen LogP contribution in [0.4, 0.5) is 0 Å². The summed E-state index contributed by atoms with van der Waals surface area (Å²) >= 11 is 0. The molecular formula is C29H34O6. The van der Waals surface area contributed by atoms with Crippen LogP contribution < -0.4 is 0 Å². The monoisotopic (exact) mass is 478 g/mol. The first-order valence-electron chi connectivity index (χ1n) is 11.9. The smallest absolute Gasteiger partial charge is 0.331 e. The van der Waals surface area contributed by atoms with Gasteiger partial charge in [-0.05, 0) is 105 Å². The van der Waals surface area contributed by atoms with E-state index in [1.165, 1.54) is 67.5 Å². The van der Waals surface area contributed by atoms with Crippen LogP contribution in [0.2, 0.25) is 0 Å². The number of allylic oxidation sites excluding steroid dienone is 2. The maximum absolute atomic E-state index is 10.8. The number of carbonyl (C=O) groups is 2. The molecule has 0 aliphatic heterocycles. The molecule has 0 bridgehead atoms. The minimum atomic E-state index is -1.08. The van der Waals surface area contributed by atoms with Gasteiger partial charge in [-0.2, -0.15) is 0 Å². The highest BCUT2D eigenvalue weighted by Gasteiger charge is 2.34. The first-order chi connectivity index (χ1) is 16.5. The second kappa shape index (κ2) is 10.8. The molecule has 1 saturated carbocycles. The van der Waals surface area contributed by atoms with Crippen molar-refractivity contribution >= 4 is 11.9 Å². The summed E-state index contributed by atoms with van der Waals surface area (Å²) in [6, 6.07) is 11.6. The number of aromatic hydroxyl groups is 2. The van der Waals surface area contributed by atoms with Crippen LogP contribution in [-0.4, -0.2) is 32.4 Å². The third kappa shape index (κ3) is 6.13.